The van der Waals surface area contributed by atoms with Crippen molar-refractivity contribution in [1.82, 2.24) is 4.90 Å². The monoisotopic (exact) mass is 267 g/mol. The van der Waals surface area contributed by atoms with E-state index in [0.29, 0.717) is 12.1 Å². The van der Waals surface area contributed by atoms with Gasteiger partial charge in [0.05, 0.1) is 11.8 Å². The Morgan fingerprint density at radius 3 is 2.61 bits per heavy atom. The van der Waals surface area contributed by atoms with E-state index in [1.54, 1.807) is 11.0 Å². The smallest absolute Gasteiger partial charge is 0.259 e. The first-order valence-electron chi connectivity index (χ1n) is 6.11. The lowest BCUT2D eigenvalue weighted by Gasteiger charge is -2.32. The highest BCUT2D eigenvalue weighted by Gasteiger charge is 2.25. The molecule has 4 heteroatoms. The van der Waals surface area contributed by atoms with Gasteiger partial charge in [0.25, 0.3) is 5.91 Å². The molecule has 2 heterocycles. The van der Waals surface area contributed by atoms with Gasteiger partial charge in [0, 0.05) is 13.1 Å². The number of carbonyl (C=O) groups is 1. The normalized spacial score (nSPS) is 16.7. The van der Waals surface area contributed by atoms with Gasteiger partial charge in [0.15, 0.2) is 0 Å². The van der Waals surface area contributed by atoms with Crippen molar-refractivity contribution in [2.24, 2.45) is 5.41 Å². The largest absolute Gasteiger partial charge is 0.452 e. The van der Waals surface area contributed by atoms with Crippen molar-refractivity contribution < 1.29 is 9.21 Å². The fraction of sp³-hybridized carbons (Fsp3) is 0.500. The molecule has 0 bridgehead atoms. The first-order valence-corrected chi connectivity index (χ1v) is 6.49. The van der Waals surface area contributed by atoms with Crippen LogP contribution in [0.4, 0.5) is 0 Å². The van der Waals surface area contributed by atoms with Crippen LogP contribution in [0.5, 0.6) is 0 Å². The summed E-state index contributed by atoms with van der Waals surface area (Å²) < 4.78 is 4.95. The quantitative estimate of drug-likeness (QED) is 0.726. The van der Waals surface area contributed by atoms with Crippen LogP contribution in [-0.4, -0.2) is 23.9 Å². The first-order chi connectivity index (χ1) is 8.39. The van der Waals surface area contributed by atoms with E-state index in [4.69, 9.17) is 16.0 Å². The summed E-state index contributed by atoms with van der Waals surface area (Å²) in [6.07, 6.45) is 4.51. The van der Waals surface area contributed by atoms with Gasteiger partial charge < -0.3 is 9.32 Å². The van der Waals surface area contributed by atoms with Crippen LogP contribution in [0, 0.1) is 5.41 Å². The molecule has 3 nitrogen and oxygen atoms in total. The second-order valence-electron chi connectivity index (χ2n) is 5.59. The number of nitrogens with zero attached hydrogens (tertiary/aromatic N) is 1. The molecule has 2 rings (SSSR count). The van der Waals surface area contributed by atoms with Crippen molar-refractivity contribution in [3.63, 3.8) is 0 Å². The molecule has 18 heavy (non-hydrogen) atoms. The van der Waals surface area contributed by atoms with Crippen LogP contribution >= 0.6 is 11.6 Å². The zero-order valence-electron chi connectivity index (χ0n) is 11.0. The van der Waals surface area contributed by atoms with Gasteiger partial charge in [0.1, 0.15) is 0 Å². The van der Waals surface area contributed by atoms with Crippen molar-refractivity contribution in [2.75, 3.05) is 13.1 Å². The molecule has 1 aromatic heterocycles. The minimum Gasteiger partial charge on any atom is -0.452 e. The first kappa shape index (κ1) is 13.2. The Balaban J connectivity index is 2.09. The van der Waals surface area contributed by atoms with Gasteiger partial charge in [-0.25, -0.2) is 0 Å². The summed E-state index contributed by atoms with van der Waals surface area (Å²) in [4.78, 5) is 14.0. The highest BCUT2D eigenvalue weighted by Crippen LogP contribution is 2.30. The molecule has 1 aromatic rings. The molecule has 0 spiro atoms. The molecule has 0 N–H and O–H groups in total. The minimum atomic E-state index is -0.0574. The van der Waals surface area contributed by atoms with E-state index < -0.39 is 0 Å². The molecular formula is C14H18ClNO2. The number of halogens is 1. The van der Waals surface area contributed by atoms with Gasteiger partial charge >= 0.3 is 0 Å². The standard InChI is InChI=1S/C14H18ClNO2/c1-14(2,3)10-4-7-16(8-5-10)13(17)11-6-9-18-12(11)15/h4,6,9H,5,7-8H2,1-3H3. The van der Waals surface area contributed by atoms with E-state index >= 15 is 0 Å². The molecular weight excluding hydrogens is 250 g/mol. The Morgan fingerprint density at radius 1 is 1.44 bits per heavy atom. The number of furan rings is 1. The summed E-state index contributed by atoms with van der Waals surface area (Å²) >= 11 is 5.83. The summed E-state index contributed by atoms with van der Waals surface area (Å²) in [5.41, 5.74) is 2.04. The summed E-state index contributed by atoms with van der Waals surface area (Å²) in [6.45, 7) is 7.98. The molecule has 0 atom stereocenters. The molecule has 0 aliphatic carbocycles. The Bertz CT molecular complexity index is 482. The number of rotatable bonds is 1. The van der Waals surface area contributed by atoms with Crippen LogP contribution < -0.4 is 0 Å². The average molecular weight is 268 g/mol. The molecule has 1 amide bonds. The highest BCUT2D eigenvalue weighted by molar-refractivity contribution is 6.32. The number of hydrogen-bond acceptors (Lipinski definition) is 2. The van der Waals surface area contributed by atoms with Gasteiger partial charge in [-0.1, -0.05) is 32.4 Å². The van der Waals surface area contributed by atoms with Crippen LogP contribution in [-0.2, 0) is 0 Å². The predicted molar refractivity (Wildman–Crippen MR) is 71.8 cm³/mol. The molecule has 0 radical (unpaired) electrons. The second-order valence-corrected chi connectivity index (χ2v) is 5.93. The number of hydrogen-bond donors (Lipinski definition) is 0. The third-order valence-electron chi connectivity index (χ3n) is 3.31. The van der Waals surface area contributed by atoms with Crippen LogP contribution in [0.1, 0.15) is 37.6 Å². The van der Waals surface area contributed by atoms with Gasteiger partial charge in [-0.15, -0.1) is 0 Å². The van der Waals surface area contributed by atoms with Crippen LogP contribution in [0.25, 0.3) is 0 Å². The maximum Gasteiger partial charge on any atom is 0.259 e. The number of amides is 1. The van der Waals surface area contributed by atoms with Crippen molar-refractivity contribution in [3.05, 3.63) is 34.8 Å². The predicted octanol–water partition coefficient (Wildman–Crippen LogP) is 3.75. The molecule has 0 saturated heterocycles. The molecule has 0 aromatic carbocycles. The van der Waals surface area contributed by atoms with E-state index in [2.05, 4.69) is 26.8 Å². The van der Waals surface area contributed by atoms with Gasteiger partial charge in [-0.2, -0.15) is 0 Å². The van der Waals surface area contributed by atoms with Gasteiger partial charge in [-0.3, -0.25) is 4.79 Å². The van der Waals surface area contributed by atoms with E-state index in [0.717, 1.165) is 13.0 Å². The topological polar surface area (TPSA) is 33.5 Å². The molecule has 0 unspecified atom stereocenters. The van der Waals surface area contributed by atoms with Crippen LogP contribution in [0.15, 0.2) is 28.4 Å². The zero-order chi connectivity index (χ0) is 13.3. The highest BCUT2D eigenvalue weighted by atomic mass is 35.5. The lowest BCUT2D eigenvalue weighted by atomic mass is 9.83. The fourth-order valence-electron chi connectivity index (χ4n) is 2.15. The van der Waals surface area contributed by atoms with Crippen molar-refractivity contribution in [3.8, 4) is 0 Å². The van der Waals surface area contributed by atoms with E-state index in [1.807, 2.05) is 0 Å². The van der Waals surface area contributed by atoms with Gasteiger partial charge in [0.2, 0.25) is 5.22 Å². The average Bonchev–Trinajstić information content (AvgIpc) is 2.73. The molecule has 1 aliphatic rings. The summed E-state index contributed by atoms with van der Waals surface area (Å²) in [7, 11) is 0. The Labute approximate surface area is 112 Å². The van der Waals surface area contributed by atoms with Crippen molar-refractivity contribution in [1.29, 1.82) is 0 Å². The third-order valence-corrected chi connectivity index (χ3v) is 3.60. The maximum atomic E-state index is 12.2. The lowest BCUT2D eigenvalue weighted by molar-refractivity contribution is 0.0764. The third kappa shape index (κ3) is 2.61. The Hall–Kier alpha value is -1.22. The molecule has 98 valence electrons. The van der Waals surface area contributed by atoms with E-state index in [9.17, 15) is 4.79 Å². The Kier molecular flexibility index (Phi) is 3.53. The van der Waals surface area contributed by atoms with Crippen molar-refractivity contribution in [2.45, 2.75) is 27.2 Å². The SMILES string of the molecule is CC(C)(C)C1=CCN(C(=O)c2ccoc2Cl)CC1. The van der Waals surface area contributed by atoms with Gasteiger partial charge in [-0.05, 0) is 29.5 Å². The van der Waals surface area contributed by atoms with Crippen molar-refractivity contribution >= 4 is 17.5 Å². The minimum absolute atomic E-state index is 0.0574. The summed E-state index contributed by atoms with van der Waals surface area (Å²) in [6, 6.07) is 1.62. The molecule has 1 aliphatic heterocycles. The summed E-state index contributed by atoms with van der Waals surface area (Å²) in [5.74, 6) is -0.0574. The molecule has 0 saturated carbocycles. The lowest BCUT2D eigenvalue weighted by Crippen LogP contribution is -2.36. The zero-order valence-corrected chi connectivity index (χ0v) is 11.8. The Morgan fingerprint density at radius 2 is 2.17 bits per heavy atom. The van der Waals surface area contributed by atoms with Crippen LogP contribution in [0.3, 0.4) is 0 Å². The van der Waals surface area contributed by atoms with E-state index in [-0.39, 0.29) is 16.5 Å². The summed E-state index contributed by atoms with van der Waals surface area (Å²) in [5, 5.41) is 0.172. The fourth-order valence-corrected chi connectivity index (χ4v) is 2.35. The van der Waals surface area contributed by atoms with E-state index in [1.165, 1.54) is 11.8 Å². The number of carbonyl (C=O) groups excluding carboxylic acids is 1. The van der Waals surface area contributed by atoms with Crippen LogP contribution in [0.2, 0.25) is 5.22 Å². The maximum absolute atomic E-state index is 12.2. The molecule has 0 fully saturated rings. The second kappa shape index (κ2) is 4.81.